The van der Waals surface area contributed by atoms with Crippen molar-refractivity contribution >= 4 is 17.8 Å². The largest absolute Gasteiger partial charge is 0.444 e. The van der Waals surface area contributed by atoms with Crippen molar-refractivity contribution in [2.45, 2.75) is 103 Å². The summed E-state index contributed by atoms with van der Waals surface area (Å²) in [6.07, 6.45) is -3.43. The van der Waals surface area contributed by atoms with Crippen LogP contribution in [0.3, 0.4) is 0 Å². The number of halogens is 5. The second kappa shape index (κ2) is 13.2. The average Bonchev–Trinajstić information content (AvgIpc) is 3.25. The molecule has 2 heterocycles. The van der Waals surface area contributed by atoms with Gasteiger partial charge in [0, 0.05) is 32.5 Å². The fourth-order valence-corrected chi connectivity index (χ4v) is 4.66. The van der Waals surface area contributed by atoms with E-state index in [2.05, 4.69) is 26.0 Å². The molecule has 1 aliphatic rings. The van der Waals surface area contributed by atoms with Crippen molar-refractivity contribution in [1.82, 2.24) is 30.5 Å². The predicted molar refractivity (Wildman–Crippen MR) is 147 cm³/mol. The number of aromatic nitrogens is 3. The molecule has 15 heteroatoms. The summed E-state index contributed by atoms with van der Waals surface area (Å²) >= 11 is 0. The average molecular weight is 621 g/mol. The second-order valence-electron chi connectivity index (χ2n) is 12.9. The molecule has 3 N–H and O–H groups in total. The second-order valence-corrected chi connectivity index (χ2v) is 12.9. The molecule has 0 bridgehead atoms. The fraction of sp³-hybridized carbons (Fsp3) is 0.714. The van der Waals surface area contributed by atoms with Crippen molar-refractivity contribution < 1.29 is 41.0 Å². The molecule has 0 aliphatic heterocycles. The third-order valence-electron chi connectivity index (χ3n) is 6.69. The smallest absolute Gasteiger partial charge is 0.408 e. The van der Waals surface area contributed by atoms with Gasteiger partial charge in [-0.2, -0.15) is 18.3 Å². The van der Waals surface area contributed by atoms with Gasteiger partial charge in [0.25, 0.3) is 0 Å². The van der Waals surface area contributed by atoms with Gasteiger partial charge >= 0.3 is 18.4 Å². The van der Waals surface area contributed by atoms with Crippen molar-refractivity contribution in [2.24, 2.45) is 11.8 Å². The van der Waals surface area contributed by atoms with Crippen LogP contribution in [0.25, 0.3) is 5.65 Å². The van der Waals surface area contributed by atoms with Gasteiger partial charge in [-0.15, -0.1) is 0 Å². The van der Waals surface area contributed by atoms with Crippen LogP contribution in [0, 0.1) is 11.8 Å². The number of alkyl carbamates (subject to hydrolysis) is 2. The Bertz CT molecular complexity index is 1240. The maximum absolute atomic E-state index is 13.9. The number of hydrogen-bond acceptors (Lipinski definition) is 7. The highest BCUT2D eigenvalue weighted by Gasteiger charge is 2.41. The highest BCUT2D eigenvalue weighted by Crippen LogP contribution is 2.41. The van der Waals surface area contributed by atoms with E-state index in [9.17, 15) is 31.5 Å². The third kappa shape index (κ3) is 11.1. The summed E-state index contributed by atoms with van der Waals surface area (Å²) in [7, 11) is 0. The fourth-order valence-electron chi connectivity index (χ4n) is 4.66. The van der Waals surface area contributed by atoms with E-state index in [0.717, 1.165) is 0 Å². The van der Waals surface area contributed by atoms with Gasteiger partial charge in [-0.05, 0) is 71.9 Å². The number of amides is 2. The highest BCUT2D eigenvalue weighted by molar-refractivity contribution is 5.68. The zero-order valence-corrected chi connectivity index (χ0v) is 25.3. The summed E-state index contributed by atoms with van der Waals surface area (Å²) in [6, 6.07) is 0.921. The zero-order valence-electron chi connectivity index (χ0n) is 25.3. The van der Waals surface area contributed by atoms with Crippen LogP contribution in [0.1, 0.15) is 84.5 Å². The number of alkyl halides is 5. The minimum absolute atomic E-state index is 0.0298. The van der Waals surface area contributed by atoms with Crippen molar-refractivity contribution in [3.05, 3.63) is 29.7 Å². The molecule has 1 fully saturated rings. The number of hydrogen-bond donors (Lipinski definition) is 3. The van der Waals surface area contributed by atoms with E-state index in [-0.39, 0.29) is 38.1 Å². The number of nitrogens with zero attached hydrogens (tertiary/aromatic N) is 3. The lowest BCUT2D eigenvalue weighted by Crippen LogP contribution is -2.43. The Kier molecular flexibility index (Phi) is 10.5. The normalized spacial score (nSPS) is 17.7. The first-order chi connectivity index (χ1) is 19.7. The zero-order chi connectivity index (χ0) is 32.2. The van der Waals surface area contributed by atoms with E-state index in [1.807, 2.05) is 0 Å². The molecule has 3 rings (SSSR count). The third-order valence-corrected chi connectivity index (χ3v) is 6.69. The van der Waals surface area contributed by atoms with Crippen molar-refractivity contribution in [3.63, 3.8) is 0 Å². The SMILES string of the molecule is CC(C)(C)OC(=O)NCC(CNCc1cnn2cc([C@@H](NC(=O)OC(C)(C)C)C3CCC(F)(F)CC3)nc2c1)C(F)(F)F. The molecule has 10 nitrogen and oxygen atoms in total. The molecule has 242 valence electrons. The summed E-state index contributed by atoms with van der Waals surface area (Å²) in [5.74, 6) is -4.93. The van der Waals surface area contributed by atoms with E-state index in [4.69, 9.17) is 9.47 Å². The molecule has 1 saturated carbocycles. The highest BCUT2D eigenvalue weighted by atomic mass is 19.4. The molecule has 1 aliphatic carbocycles. The molecule has 0 saturated heterocycles. The van der Waals surface area contributed by atoms with Gasteiger partial charge in [0.2, 0.25) is 5.92 Å². The Morgan fingerprint density at radius 2 is 1.63 bits per heavy atom. The number of fused-ring (bicyclic) bond motifs is 1. The molecule has 2 aromatic rings. The van der Waals surface area contributed by atoms with Crippen LogP contribution in [-0.4, -0.2) is 63.2 Å². The van der Waals surface area contributed by atoms with E-state index in [0.29, 0.717) is 16.9 Å². The van der Waals surface area contributed by atoms with Gasteiger partial charge in [0.1, 0.15) is 11.2 Å². The summed E-state index contributed by atoms with van der Waals surface area (Å²) in [5.41, 5.74) is -0.298. The monoisotopic (exact) mass is 620 g/mol. The standard InChI is InChI=1S/C28H41F5N6O4/c1-25(2,3)42-23(40)35-15-19(28(31,32)33)14-34-12-17-11-21-37-20(16-39(21)36-13-17)22(38-24(41)43-26(4,5)6)18-7-9-27(29,30)10-8-18/h11,13,16,18-19,22,34H,7-10,12,14-15H2,1-6H3,(H,35,40)(H,38,41)/t19?,22-/m0/s1. The summed E-state index contributed by atoms with van der Waals surface area (Å²) < 4.78 is 80.2. The summed E-state index contributed by atoms with van der Waals surface area (Å²) in [6.45, 7) is 8.85. The molecule has 2 atom stereocenters. The molecule has 0 radical (unpaired) electrons. The van der Waals surface area contributed by atoms with Crippen molar-refractivity contribution in [2.75, 3.05) is 13.1 Å². The molecule has 1 unspecified atom stereocenters. The molecule has 43 heavy (non-hydrogen) atoms. The molecular weight excluding hydrogens is 579 g/mol. The molecule has 0 spiro atoms. The Morgan fingerprint density at radius 3 is 2.21 bits per heavy atom. The van der Waals surface area contributed by atoms with Crippen LogP contribution in [0.4, 0.5) is 31.5 Å². The molecule has 0 aromatic carbocycles. The first-order valence-electron chi connectivity index (χ1n) is 14.2. The molecule has 2 amide bonds. The van der Waals surface area contributed by atoms with Gasteiger partial charge in [0.15, 0.2) is 5.65 Å². The first kappa shape index (κ1) is 34.3. The number of carbonyl (C=O) groups is 2. The number of nitrogens with one attached hydrogen (secondary N) is 3. The summed E-state index contributed by atoms with van der Waals surface area (Å²) in [4.78, 5) is 29.0. The lowest BCUT2D eigenvalue weighted by Gasteiger charge is -2.33. The van der Waals surface area contributed by atoms with Crippen LogP contribution < -0.4 is 16.0 Å². The van der Waals surface area contributed by atoms with E-state index >= 15 is 0 Å². The van der Waals surface area contributed by atoms with Crippen molar-refractivity contribution in [3.8, 4) is 0 Å². The van der Waals surface area contributed by atoms with Crippen LogP contribution in [-0.2, 0) is 16.0 Å². The van der Waals surface area contributed by atoms with Crippen LogP contribution >= 0.6 is 0 Å². The van der Waals surface area contributed by atoms with E-state index in [1.165, 1.54) is 10.7 Å². The number of rotatable bonds is 9. The predicted octanol–water partition coefficient (Wildman–Crippen LogP) is 5.91. The molecular formula is C28H41F5N6O4. The Labute approximate surface area is 247 Å². The summed E-state index contributed by atoms with van der Waals surface area (Å²) in [5, 5.41) is 12.0. The minimum atomic E-state index is -4.57. The minimum Gasteiger partial charge on any atom is -0.444 e. The van der Waals surface area contributed by atoms with Gasteiger partial charge in [0.05, 0.1) is 30.0 Å². The first-order valence-corrected chi connectivity index (χ1v) is 14.2. The lowest BCUT2D eigenvalue weighted by molar-refractivity contribution is -0.171. The van der Waals surface area contributed by atoms with Gasteiger partial charge in [-0.3, -0.25) is 0 Å². The van der Waals surface area contributed by atoms with E-state index in [1.54, 1.807) is 53.8 Å². The number of imidazole rings is 1. The lowest BCUT2D eigenvalue weighted by atomic mass is 9.81. The number of carbonyl (C=O) groups excluding carboxylic acids is 2. The van der Waals surface area contributed by atoms with Crippen LogP contribution in [0.2, 0.25) is 0 Å². The topological polar surface area (TPSA) is 119 Å². The van der Waals surface area contributed by atoms with Crippen LogP contribution in [0.15, 0.2) is 18.5 Å². The Hall–Kier alpha value is -3.23. The van der Waals surface area contributed by atoms with Gasteiger partial charge in [-0.1, -0.05) is 0 Å². The quantitative estimate of drug-likeness (QED) is 0.298. The van der Waals surface area contributed by atoms with E-state index < -0.39 is 60.5 Å². The van der Waals surface area contributed by atoms with Gasteiger partial charge in [-0.25, -0.2) is 27.9 Å². The number of ether oxygens (including phenoxy) is 2. The Morgan fingerprint density at radius 1 is 1.02 bits per heavy atom. The maximum Gasteiger partial charge on any atom is 0.408 e. The maximum atomic E-state index is 13.9. The Balaban J connectivity index is 1.70. The molecule has 2 aromatic heterocycles. The van der Waals surface area contributed by atoms with Crippen molar-refractivity contribution in [1.29, 1.82) is 0 Å². The van der Waals surface area contributed by atoms with Crippen LogP contribution in [0.5, 0.6) is 0 Å². The van der Waals surface area contributed by atoms with Gasteiger partial charge < -0.3 is 25.4 Å².